The van der Waals surface area contributed by atoms with Crippen molar-refractivity contribution in [3.63, 3.8) is 0 Å². The molecule has 0 unspecified atom stereocenters. The van der Waals surface area contributed by atoms with Crippen molar-refractivity contribution in [2.24, 2.45) is 17.8 Å². The van der Waals surface area contributed by atoms with Gasteiger partial charge in [-0.15, -0.1) is 0 Å². The van der Waals surface area contributed by atoms with Crippen LogP contribution in [-0.2, 0) is 10.0 Å². The minimum atomic E-state index is -3.90. The summed E-state index contributed by atoms with van der Waals surface area (Å²) in [5.41, 5.74) is 6.08. The van der Waals surface area contributed by atoms with Gasteiger partial charge < -0.3 is 5.73 Å². The van der Waals surface area contributed by atoms with Gasteiger partial charge in [0.15, 0.2) is 0 Å². The molecule has 120 valence electrons. The van der Waals surface area contributed by atoms with Crippen molar-refractivity contribution >= 4 is 15.7 Å². The molecule has 3 N–H and O–H groups in total. The summed E-state index contributed by atoms with van der Waals surface area (Å²) >= 11 is 0. The molecule has 0 fully saturated rings. The van der Waals surface area contributed by atoms with E-state index in [-0.39, 0.29) is 28.6 Å². The maximum atomic E-state index is 14.0. The highest BCUT2D eigenvalue weighted by atomic mass is 32.2. The molecule has 0 aliphatic rings. The Morgan fingerprint density at radius 3 is 2.19 bits per heavy atom. The van der Waals surface area contributed by atoms with Crippen LogP contribution in [0.4, 0.5) is 10.1 Å². The number of nitrogen functional groups attached to an aromatic ring is 1. The molecule has 0 saturated heterocycles. The molecule has 0 radical (unpaired) electrons. The summed E-state index contributed by atoms with van der Waals surface area (Å²) in [6, 6.07) is 2.57. The number of aryl methyl sites for hydroxylation is 1. The molecule has 0 aliphatic heterocycles. The van der Waals surface area contributed by atoms with E-state index in [9.17, 15) is 12.8 Å². The Labute approximate surface area is 127 Å². The van der Waals surface area contributed by atoms with E-state index in [1.54, 1.807) is 0 Å². The van der Waals surface area contributed by atoms with Crippen molar-refractivity contribution < 1.29 is 12.8 Å². The fourth-order valence-corrected chi connectivity index (χ4v) is 3.74. The van der Waals surface area contributed by atoms with Crippen LogP contribution in [0.15, 0.2) is 17.0 Å². The minimum absolute atomic E-state index is 0.185. The van der Waals surface area contributed by atoms with Gasteiger partial charge in [-0.05, 0) is 42.4 Å². The van der Waals surface area contributed by atoms with Crippen molar-refractivity contribution in [1.29, 1.82) is 0 Å². The number of rotatable bonds is 6. The van der Waals surface area contributed by atoms with E-state index in [4.69, 9.17) is 5.73 Å². The average Bonchev–Trinajstić information content (AvgIpc) is 2.32. The minimum Gasteiger partial charge on any atom is -0.399 e. The molecular weight excluding hydrogens is 291 g/mol. The monoisotopic (exact) mass is 316 g/mol. The Morgan fingerprint density at radius 2 is 1.71 bits per heavy atom. The van der Waals surface area contributed by atoms with Gasteiger partial charge in [0, 0.05) is 12.2 Å². The lowest BCUT2D eigenvalue weighted by Gasteiger charge is -2.25. The molecule has 0 atom stereocenters. The molecule has 0 spiro atoms. The highest BCUT2D eigenvalue weighted by Crippen LogP contribution is 2.23. The van der Waals surface area contributed by atoms with E-state index >= 15 is 0 Å². The quantitative estimate of drug-likeness (QED) is 0.793. The van der Waals surface area contributed by atoms with E-state index in [1.807, 2.05) is 27.7 Å². The summed E-state index contributed by atoms with van der Waals surface area (Å²) in [4.78, 5) is -0.383. The number of hydrogen-bond donors (Lipinski definition) is 2. The summed E-state index contributed by atoms with van der Waals surface area (Å²) in [7, 11) is -3.90. The number of sulfonamides is 1. The van der Waals surface area contributed by atoms with Gasteiger partial charge in [-0.25, -0.2) is 17.5 Å². The number of benzene rings is 1. The van der Waals surface area contributed by atoms with E-state index in [2.05, 4.69) is 4.72 Å². The van der Waals surface area contributed by atoms with Crippen LogP contribution >= 0.6 is 0 Å². The predicted molar refractivity (Wildman–Crippen MR) is 83.9 cm³/mol. The van der Waals surface area contributed by atoms with Gasteiger partial charge in [-0.2, -0.15) is 0 Å². The summed E-state index contributed by atoms with van der Waals surface area (Å²) in [5, 5.41) is 0. The molecule has 6 heteroatoms. The zero-order chi connectivity index (χ0) is 16.4. The first-order valence-corrected chi connectivity index (χ1v) is 8.59. The van der Waals surface area contributed by atoms with E-state index < -0.39 is 15.8 Å². The van der Waals surface area contributed by atoms with Crippen molar-refractivity contribution in [2.75, 3.05) is 12.3 Å². The highest BCUT2D eigenvalue weighted by Gasteiger charge is 2.24. The second kappa shape index (κ2) is 6.75. The van der Waals surface area contributed by atoms with Crippen LogP contribution in [0, 0.1) is 30.5 Å². The average molecular weight is 316 g/mol. The molecule has 1 aromatic rings. The molecular formula is C15H25FN2O2S. The smallest absolute Gasteiger partial charge is 0.243 e. The SMILES string of the molecule is Cc1cc(N)cc(S(=O)(=O)NCC(C(C)C)C(C)C)c1F. The second-order valence-corrected chi connectivity index (χ2v) is 7.89. The zero-order valence-electron chi connectivity index (χ0n) is 13.3. The maximum absolute atomic E-state index is 14.0. The Kier molecular flexibility index (Phi) is 5.75. The van der Waals surface area contributed by atoms with Crippen molar-refractivity contribution in [1.82, 2.24) is 4.72 Å². The molecule has 4 nitrogen and oxygen atoms in total. The predicted octanol–water partition coefficient (Wildman–Crippen LogP) is 2.92. The molecule has 21 heavy (non-hydrogen) atoms. The number of nitrogens with one attached hydrogen (secondary N) is 1. The van der Waals surface area contributed by atoms with Crippen molar-refractivity contribution in [2.45, 2.75) is 39.5 Å². The van der Waals surface area contributed by atoms with Gasteiger partial charge in [-0.1, -0.05) is 27.7 Å². The van der Waals surface area contributed by atoms with Gasteiger partial charge in [0.1, 0.15) is 10.7 Å². The summed E-state index contributed by atoms with van der Waals surface area (Å²) < 4.78 is 41.2. The summed E-state index contributed by atoms with van der Waals surface area (Å²) in [5.74, 6) is 0.104. The van der Waals surface area contributed by atoms with Crippen LogP contribution in [0.25, 0.3) is 0 Å². The Bertz CT molecular complexity index is 590. The van der Waals surface area contributed by atoms with Crippen LogP contribution in [0.2, 0.25) is 0 Å². The van der Waals surface area contributed by atoms with Crippen LogP contribution < -0.4 is 10.5 Å². The highest BCUT2D eigenvalue weighted by molar-refractivity contribution is 7.89. The van der Waals surface area contributed by atoms with Crippen LogP contribution in [0.3, 0.4) is 0 Å². The first kappa shape index (κ1) is 17.9. The molecule has 0 bridgehead atoms. The zero-order valence-corrected chi connectivity index (χ0v) is 14.1. The van der Waals surface area contributed by atoms with Crippen molar-refractivity contribution in [3.8, 4) is 0 Å². The Morgan fingerprint density at radius 1 is 1.19 bits per heavy atom. The maximum Gasteiger partial charge on any atom is 0.243 e. The van der Waals surface area contributed by atoms with Crippen LogP contribution in [0.5, 0.6) is 0 Å². The fourth-order valence-electron chi connectivity index (χ4n) is 2.48. The number of anilines is 1. The van der Waals surface area contributed by atoms with Gasteiger partial charge in [0.05, 0.1) is 0 Å². The third-order valence-electron chi connectivity index (χ3n) is 3.75. The first-order chi connectivity index (χ1) is 9.56. The molecule has 0 aromatic heterocycles. The number of halogens is 1. The third kappa shape index (κ3) is 4.41. The van der Waals surface area contributed by atoms with E-state index in [0.29, 0.717) is 11.8 Å². The topological polar surface area (TPSA) is 72.2 Å². The largest absolute Gasteiger partial charge is 0.399 e. The van der Waals surface area contributed by atoms with E-state index in [1.165, 1.54) is 13.0 Å². The Balaban J connectivity index is 3.03. The summed E-state index contributed by atoms with van der Waals surface area (Å²) in [6.07, 6.45) is 0. The lowest BCUT2D eigenvalue weighted by atomic mass is 9.86. The molecule has 1 rings (SSSR count). The van der Waals surface area contributed by atoms with Gasteiger partial charge in [0.2, 0.25) is 10.0 Å². The lowest BCUT2D eigenvalue weighted by molar-refractivity contribution is 0.289. The first-order valence-electron chi connectivity index (χ1n) is 7.11. The van der Waals surface area contributed by atoms with Crippen LogP contribution in [0.1, 0.15) is 33.3 Å². The molecule has 0 saturated carbocycles. The molecule has 0 amide bonds. The summed E-state index contributed by atoms with van der Waals surface area (Å²) in [6.45, 7) is 9.96. The number of hydrogen-bond acceptors (Lipinski definition) is 3. The van der Waals surface area contributed by atoms with Crippen LogP contribution in [-0.4, -0.2) is 15.0 Å². The third-order valence-corrected chi connectivity index (χ3v) is 5.18. The molecule has 0 heterocycles. The standard InChI is InChI=1S/C15H25FN2O2S/c1-9(2)13(10(3)4)8-18-21(19,20)14-7-12(17)6-11(5)15(14)16/h6-7,9-10,13,18H,8,17H2,1-5H3. The molecule has 1 aromatic carbocycles. The lowest BCUT2D eigenvalue weighted by Crippen LogP contribution is -2.34. The normalized spacial score (nSPS) is 12.6. The Hall–Kier alpha value is -1.14. The fraction of sp³-hybridized carbons (Fsp3) is 0.600. The van der Waals surface area contributed by atoms with Crippen molar-refractivity contribution in [3.05, 3.63) is 23.5 Å². The van der Waals surface area contributed by atoms with E-state index in [0.717, 1.165) is 6.07 Å². The van der Waals surface area contributed by atoms with Gasteiger partial charge >= 0.3 is 0 Å². The van der Waals surface area contributed by atoms with Gasteiger partial charge in [-0.3, -0.25) is 0 Å². The van der Waals surface area contributed by atoms with Gasteiger partial charge in [0.25, 0.3) is 0 Å². The number of nitrogens with two attached hydrogens (primary N) is 1. The second-order valence-electron chi connectivity index (χ2n) is 6.15. The molecule has 0 aliphatic carbocycles.